The van der Waals surface area contributed by atoms with Crippen LogP contribution in [0.15, 0.2) is 0 Å². The van der Waals surface area contributed by atoms with E-state index in [4.69, 9.17) is 5.73 Å². The Morgan fingerprint density at radius 2 is 2.20 bits per heavy atom. The SMILES string of the molecule is Cc1nc(CCCC(N)C2CC2)sc1C. The number of nitrogens with zero attached hydrogens (tertiary/aromatic N) is 1. The Kier molecular flexibility index (Phi) is 3.42. The molecule has 0 aliphatic heterocycles. The van der Waals surface area contributed by atoms with Gasteiger partial charge in [0.1, 0.15) is 0 Å². The Morgan fingerprint density at radius 1 is 1.47 bits per heavy atom. The number of thiazole rings is 1. The Labute approximate surface area is 95.9 Å². The first kappa shape index (κ1) is 11.1. The van der Waals surface area contributed by atoms with E-state index in [1.54, 1.807) is 0 Å². The molecule has 1 unspecified atom stereocenters. The molecule has 1 aromatic rings. The van der Waals surface area contributed by atoms with Gasteiger partial charge in [0, 0.05) is 10.9 Å². The minimum atomic E-state index is 0.451. The van der Waals surface area contributed by atoms with E-state index in [2.05, 4.69) is 18.8 Å². The Balaban J connectivity index is 1.73. The van der Waals surface area contributed by atoms with Crippen LogP contribution in [-0.4, -0.2) is 11.0 Å². The largest absolute Gasteiger partial charge is 0.327 e. The minimum absolute atomic E-state index is 0.451. The highest BCUT2D eigenvalue weighted by atomic mass is 32.1. The smallest absolute Gasteiger partial charge is 0.0930 e. The number of aryl methyl sites for hydroxylation is 3. The molecular formula is C12H20N2S. The lowest BCUT2D eigenvalue weighted by molar-refractivity contribution is 0.528. The maximum Gasteiger partial charge on any atom is 0.0930 e. The highest BCUT2D eigenvalue weighted by molar-refractivity contribution is 7.11. The van der Waals surface area contributed by atoms with Gasteiger partial charge in [-0.2, -0.15) is 0 Å². The van der Waals surface area contributed by atoms with Gasteiger partial charge in [0.25, 0.3) is 0 Å². The molecule has 3 heteroatoms. The number of nitrogens with two attached hydrogens (primary N) is 1. The highest BCUT2D eigenvalue weighted by Gasteiger charge is 2.27. The maximum absolute atomic E-state index is 6.06. The highest BCUT2D eigenvalue weighted by Crippen LogP contribution is 2.33. The van der Waals surface area contributed by atoms with E-state index >= 15 is 0 Å². The molecule has 1 fully saturated rings. The molecule has 0 bridgehead atoms. The van der Waals surface area contributed by atoms with Crippen LogP contribution in [0.3, 0.4) is 0 Å². The van der Waals surface area contributed by atoms with Crippen molar-refractivity contribution < 1.29 is 0 Å². The van der Waals surface area contributed by atoms with Crippen LogP contribution in [0.2, 0.25) is 0 Å². The summed E-state index contributed by atoms with van der Waals surface area (Å²) in [6, 6.07) is 0.451. The summed E-state index contributed by atoms with van der Waals surface area (Å²) in [4.78, 5) is 5.90. The van der Waals surface area contributed by atoms with E-state index < -0.39 is 0 Å². The molecule has 1 saturated carbocycles. The molecule has 0 saturated heterocycles. The second-order valence-corrected chi connectivity index (χ2v) is 5.93. The van der Waals surface area contributed by atoms with E-state index in [-0.39, 0.29) is 0 Å². The minimum Gasteiger partial charge on any atom is -0.327 e. The van der Waals surface area contributed by atoms with Crippen molar-refractivity contribution in [3.05, 3.63) is 15.6 Å². The molecule has 0 spiro atoms. The van der Waals surface area contributed by atoms with Crippen LogP contribution in [0.25, 0.3) is 0 Å². The average Bonchev–Trinajstić information content (AvgIpc) is 2.96. The van der Waals surface area contributed by atoms with Crippen LogP contribution in [-0.2, 0) is 6.42 Å². The Morgan fingerprint density at radius 3 is 2.73 bits per heavy atom. The fourth-order valence-corrected chi connectivity index (χ4v) is 2.87. The monoisotopic (exact) mass is 224 g/mol. The molecular weight excluding hydrogens is 204 g/mol. The predicted octanol–water partition coefficient (Wildman–Crippen LogP) is 2.82. The topological polar surface area (TPSA) is 38.9 Å². The van der Waals surface area contributed by atoms with Crippen molar-refractivity contribution in [3.63, 3.8) is 0 Å². The lowest BCUT2D eigenvalue weighted by Gasteiger charge is -2.08. The third-order valence-electron chi connectivity index (χ3n) is 3.23. The summed E-state index contributed by atoms with van der Waals surface area (Å²) in [6.45, 7) is 4.23. The van der Waals surface area contributed by atoms with Crippen LogP contribution < -0.4 is 5.73 Å². The maximum atomic E-state index is 6.06. The van der Waals surface area contributed by atoms with Gasteiger partial charge < -0.3 is 5.73 Å². The standard InChI is InChI=1S/C12H20N2S/c1-8-9(2)15-12(14-8)5-3-4-11(13)10-6-7-10/h10-11H,3-7,13H2,1-2H3. The predicted molar refractivity (Wildman–Crippen MR) is 65.2 cm³/mol. The molecule has 1 aromatic heterocycles. The molecule has 1 aliphatic carbocycles. The van der Waals surface area contributed by atoms with Crippen LogP contribution in [0.1, 0.15) is 41.3 Å². The van der Waals surface area contributed by atoms with Crippen LogP contribution >= 0.6 is 11.3 Å². The fourth-order valence-electron chi connectivity index (χ4n) is 1.90. The van der Waals surface area contributed by atoms with E-state index in [9.17, 15) is 0 Å². The van der Waals surface area contributed by atoms with Crippen molar-refractivity contribution in [1.29, 1.82) is 0 Å². The third-order valence-corrected chi connectivity index (χ3v) is 4.36. The molecule has 0 radical (unpaired) electrons. The van der Waals surface area contributed by atoms with Gasteiger partial charge in [-0.05, 0) is 51.9 Å². The number of hydrogen-bond donors (Lipinski definition) is 1. The number of rotatable bonds is 5. The van der Waals surface area contributed by atoms with Gasteiger partial charge in [0.2, 0.25) is 0 Å². The van der Waals surface area contributed by atoms with E-state index in [0.29, 0.717) is 6.04 Å². The quantitative estimate of drug-likeness (QED) is 0.835. The lowest BCUT2D eigenvalue weighted by Crippen LogP contribution is -2.22. The van der Waals surface area contributed by atoms with Gasteiger partial charge >= 0.3 is 0 Å². The summed E-state index contributed by atoms with van der Waals surface area (Å²) in [6.07, 6.45) is 6.19. The molecule has 1 aliphatic rings. The Bertz CT molecular complexity index is 309. The Hall–Kier alpha value is -0.410. The van der Waals surface area contributed by atoms with Crippen molar-refractivity contribution in [2.75, 3.05) is 0 Å². The zero-order chi connectivity index (χ0) is 10.8. The van der Waals surface area contributed by atoms with Crippen molar-refractivity contribution in [1.82, 2.24) is 4.98 Å². The van der Waals surface area contributed by atoms with E-state index in [0.717, 1.165) is 12.3 Å². The third kappa shape index (κ3) is 3.02. The lowest BCUT2D eigenvalue weighted by atomic mass is 10.1. The van der Waals surface area contributed by atoms with Gasteiger partial charge in [-0.25, -0.2) is 4.98 Å². The van der Waals surface area contributed by atoms with Crippen molar-refractivity contribution >= 4 is 11.3 Å². The molecule has 1 atom stereocenters. The average molecular weight is 224 g/mol. The summed E-state index contributed by atoms with van der Waals surface area (Å²) in [5, 5.41) is 1.29. The second kappa shape index (κ2) is 4.62. The summed E-state index contributed by atoms with van der Waals surface area (Å²) in [5.74, 6) is 0.838. The van der Waals surface area contributed by atoms with Gasteiger partial charge in [-0.15, -0.1) is 11.3 Å². The summed E-state index contributed by atoms with van der Waals surface area (Å²) in [5.41, 5.74) is 7.26. The number of hydrogen-bond acceptors (Lipinski definition) is 3. The molecule has 15 heavy (non-hydrogen) atoms. The molecule has 1 heterocycles. The molecule has 2 nitrogen and oxygen atoms in total. The molecule has 84 valence electrons. The van der Waals surface area contributed by atoms with Crippen LogP contribution in [0.4, 0.5) is 0 Å². The van der Waals surface area contributed by atoms with Crippen molar-refractivity contribution in [3.8, 4) is 0 Å². The number of aromatic nitrogens is 1. The van der Waals surface area contributed by atoms with E-state index in [1.807, 2.05) is 11.3 Å². The van der Waals surface area contributed by atoms with Crippen LogP contribution in [0, 0.1) is 19.8 Å². The fraction of sp³-hybridized carbons (Fsp3) is 0.750. The van der Waals surface area contributed by atoms with Crippen molar-refractivity contribution in [2.24, 2.45) is 11.7 Å². The zero-order valence-corrected chi connectivity index (χ0v) is 10.4. The molecule has 0 amide bonds. The summed E-state index contributed by atoms with van der Waals surface area (Å²) >= 11 is 1.84. The van der Waals surface area contributed by atoms with Crippen molar-refractivity contribution in [2.45, 2.75) is 52.0 Å². The summed E-state index contributed by atoms with van der Waals surface area (Å²) < 4.78 is 0. The van der Waals surface area contributed by atoms with E-state index in [1.165, 1.54) is 41.3 Å². The first-order valence-electron chi connectivity index (χ1n) is 5.85. The zero-order valence-electron chi connectivity index (χ0n) is 9.62. The molecule has 2 rings (SSSR count). The summed E-state index contributed by atoms with van der Waals surface area (Å²) in [7, 11) is 0. The molecule has 0 aromatic carbocycles. The van der Waals surface area contributed by atoms with Gasteiger partial charge in [-0.1, -0.05) is 0 Å². The normalized spacial score (nSPS) is 18.1. The van der Waals surface area contributed by atoms with Crippen LogP contribution in [0.5, 0.6) is 0 Å². The van der Waals surface area contributed by atoms with Gasteiger partial charge in [0.15, 0.2) is 0 Å². The van der Waals surface area contributed by atoms with Gasteiger partial charge in [0.05, 0.1) is 10.7 Å². The first-order chi connectivity index (χ1) is 7.16. The first-order valence-corrected chi connectivity index (χ1v) is 6.67. The molecule has 2 N–H and O–H groups in total. The second-order valence-electron chi connectivity index (χ2n) is 4.64. The van der Waals surface area contributed by atoms with Gasteiger partial charge in [-0.3, -0.25) is 0 Å².